The van der Waals surface area contributed by atoms with E-state index in [-0.39, 0.29) is 5.38 Å². The van der Waals surface area contributed by atoms with Gasteiger partial charge in [0.05, 0.1) is 11.5 Å². The zero-order valence-electron chi connectivity index (χ0n) is 9.59. The average molecular weight is 294 g/mol. The summed E-state index contributed by atoms with van der Waals surface area (Å²) in [5.74, 6) is 0. The number of rotatable bonds is 3. The molecule has 0 spiro atoms. The number of hydrogen-bond donors (Lipinski definition) is 1. The molecule has 0 aliphatic carbocycles. The molecule has 94 valence electrons. The molecule has 5 heteroatoms. The molecule has 0 saturated carbocycles. The van der Waals surface area contributed by atoms with Gasteiger partial charge in [-0.1, -0.05) is 29.3 Å². The fraction of sp³-hybridized carbons (Fsp3) is 0.500. The second kappa shape index (κ2) is 5.77. The molecule has 2 atom stereocenters. The number of hydrogen-bond acceptors (Lipinski definition) is 2. The van der Waals surface area contributed by atoms with Gasteiger partial charge >= 0.3 is 0 Å². The third kappa shape index (κ3) is 3.07. The van der Waals surface area contributed by atoms with Gasteiger partial charge in [-0.15, -0.1) is 11.6 Å². The molecule has 2 unspecified atom stereocenters. The van der Waals surface area contributed by atoms with Crippen molar-refractivity contribution in [1.82, 2.24) is 10.2 Å². The highest BCUT2D eigenvalue weighted by Gasteiger charge is 2.24. The van der Waals surface area contributed by atoms with E-state index in [0.717, 1.165) is 25.2 Å². The Bertz CT molecular complexity index is 377. The van der Waals surface area contributed by atoms with Gasteiger partial charge in [0.25, 0.3) is 0 Å². The lowest BCUT2D eigenvalue weighted by molar-refractivity contribution is 0.258. The van der Waals surface area contributed by atoms with Crippen LogP contribution in [-0.4, -0.2) is 30.7 Å². The summed E-state index contributed by atoms with van der Waals surface area (Å²) in [6, 6.07) is 5.48. The van der Waals surface area contributed by atoms with Crippen molar-refractivity contribution in [3.8, 4) is 0 Å². The summed E-state index contributed by atoms with van der Waals surface area (Å²) in [6.07, 6.45) is 0.359. The highest BCUT2D eigenvalue weighted by atomic mass is 35.5. The Morgan fingerprint density at radius 1 is 1.41 bits per heavy atom. The molecular formula is C12H15Cl3N2. The second-order valence-corrected chi connectivity index (χ2v) is 5.57. The zero-order chi connectivity index (χ0) is 12.4. The Labute approximate surface area is 117 Å². The average Bonchev–Trinajstić information content (AvgIpc) is 2.64. The number of nitrogens with zero attached hydrogens (tertiary/aromatic N) is 1. The second-order valence-electron chi connectivity index (χ2n) is 4.23. The Balaban J connectivity index is 2.11. The van der Waals surface area contributed by atoms with Gasteiger partial charge in [-0.25, -0.2) is 0 Å². The van der Waals surface area contributed by atoms with E-state index in [9.17, 15) is 0 Å². The predicted molar refractivity (Wildman–Crippen MR) is 74.1 cm³/mol. The maximum Gasteiger partial charge on any atom is 0.0742 e. The van der Waals surface area contributed by atoms with Crippen LogP contribution in [0.4, 0.5) is 0 Å². The van der Waals surface area contributed by atoms with E-state index in [1.54, 1.807) is 0 Å². The lowest BCUT2D eigenvalue weighted by atomic mass is 10.1. The smallest absolute Gasteiger partial charge is 0.0742 e. The van der Waals surface area contributed by atoms with Crippen LogP contribution in [-0.2, 0) is 0 Å². The Hall–Kier alpha value is 0.01000. The molecule has 1 saturated heterocycles. The van der Waals surface area contributed by atoms with Crippen LogP contribution in [0, 0.1) is 0 Å². The maximum absolute atomic E-state index is 6.42. The summed E-state index contributed by atoms with van der Waals surface area (Å²) >= 11 is 18.7. The molecule has 2 rings (SSSR count). The Morgan fingerprint density at radius 3 is 2.59 bits per heavy atom. The largest absolute Gasteiger partial charge is 0.301 e. The molecule has 1 aromatic carbocycles. The van der Waals surface area contributed by atoms with Gasteiger partial charge in [-0.05, 0) is 19.1 Å². The molecule has 0 aromatic heterocycles. The SMILES string of the molecule is CC1NCCN1CC(Cl)c1c(Cl)cccc1Cl. The first kappa shape index (κ1) is 13.4. The van der Waals surface area contributed by atoms with Gasteiger partial charge in [0, 0.05) is 35.2 Å². The van der Waals surface area contributed by atoms with E-state index >= 15 is 0 Å². The van der Waals surface area contributed by atoms with E-state index in [1.807, 2.05) is 18.2 Å². The van der Waals surface area contributed by atoms with E-state index in [2.05, 4.69) is 17.1 Å². The van der Waals surface area contributed by atoms with Gasteiger partial charge in [-0.3, -0.25) is 4.90 Å². The molecule has 1 aliphatic rings. The van der Waals surface area contributed by atoms with Crippen LogP contribution in [0.1, 0.15) is 17.9 Å². The number of alkyl halides is 1. The van der Waals surface area contributed by atoms with Gasteiger partial charge in [-0.2, -0.15) is 0 Å². The van der Waals surface area contributed by atoms with Crippen molar-refractivity contribution < 1.29 is 0 Å². The maximum atomic E-state index is 6.42. The van der Waals surface area contributed by atoms with E-state index < -0.39 is 0 Å². The van der Waals surface area contributed by atoms with Gasteiger partial charge < -0.3 is 5.32 Å². The van der Waals surface area contributed by atoms with Crippen molar-refractivity contribution in [2.24, 2.45) is 0 Å². The van der Waals surface area contributed by atoms with E-state index in [4.69, 9.17) is 34.8 Å². The number of halogens is 3. The van der Waals surface area contributed by atoms with Crippen LogP contribution in [0.25, 0.3) is 0 Å². The summed E-state index contributed by atoms with van der Waals surface area (Å²) in [5, 5.41) is 4.45. The monoisotopic (exact) mass is 292 g/mol. The minimum absolute atomic E-state index is 0.182. The fourth-order valence-electron chi connectivity index (χ4n) is 2.10. The number of nitrogens with one attached hydrogen (secondary N) is 1. The van der Waals surface area contributed by atoms with E-state index in [1.165, 1.54) is 0 Å². The molecular weight excluding hydrogens is 279 g/mol. The summed E-state index contributed by atoms with van der Waals surface area (Å²) in [5.41, 5.74) is 0.830. The normalized spacial score (nSPS) is 22.9. The highest BCUT2D eigenvalue weighted by Crippen LogP contribution is 2.34. The Kier molecular flexibility index (Phi) is 4.56. The quantitative estimate of drug-likeness (QED) is 0.858. The standard InChI is InChI=1S/C12H15Cl3N2/c1-8-16-5-6-17(8)7-11(15)12-9(13)3-2-4-10(12)14/h2-4,8,11,16H,5-7H2,1H3. The summed E-state index contributed by atoms with van der Waals surface area (Å²) in [4.78, 5) is 2.29. The van der Waals surface area contributed by atoms with Gasteiger partial charge in [0.15, 0.2) is 0 Å². The van der Waals surface area contributed by atoms with Crippen LogP contribution < -0.4 is 5.32 Å². The van der Waals surface area contributed by atoms with Gasteiger partial charge in [0.1, 0.15) is 0 Å². The van der Waals surface area contributed by atoms with E-state index in [0.29, 0.717) is 16.2 Å². The van der Waals surface area contributed by atoms with Crippen LogP contribution >= 0.6 is 34.8 Å². The Morgan fingerprint density at radius 2 is 2.06 bits per heavy atom. The lowest BCUT2D eigenvalue weighted by Gasteiger charge is -2.24. The summed E-state index contributed by atoms with van der Waals surface area (Å²) in [6.45, 7) is 4.89. The fourth-order valence-corrected chi connectivity index (χ4v) is 3.28. The van der Waals surface area contributed by atoms with Crippen LogP contribution in [0.5, 0.6) is 0 Å². The third-order valence-corrected chi connectivity index (χ3v) is 4.11. The van der Waals surface area contributed by atoms with Crippen molar-refractivity contribution in [2.75, 3.05) is 19.6 Å². The van der Waals surface area contributed by atoms with Crippen LogP contribution in [0.15, 0.2) is 18.2 Å². The van der Waals surface area contributed by atoms with Crippen molar-refractivity contribution in [3.05, 3.63) is 33.8 Å². The molecule has 1 aromatic rings. The van der Waals surface area contributed by atoms with Crippen LogP contribution in [0.2, 0.25) is 10.0 Å². The zero-order valence-corrected chi connectivity index (χ0v) is 11.9. The van der Waals surface area contributed by atoms with Crippen LogP contribution in [0.3, 0.4) is 0 Å². The van der Waals surface area contributed by atoms with Gasteiger partial charge in [0.2, 0.25) is 0 Å². The van der Waals surface area contributed by atoms with Crippen molar-refractivity contribution in [1.29, 1.82) is 0 Å². The summed E-state index contributed by atoms with van der Waals surface area (Å²) in [7, 11) is 0. The molecule has 1 aliphatic heterocycles. The first-order valence-electron chi connectivity index (χ1n) is 5.65. The lowest BCUT2D eigenvalue weighted by Crippen LogP contribution is -2.34. The minimum atomic E-state index is -0.182. The first-order chi connectivity index (χ1) is 8.09. The minimum Gasteiger partial charge on any atom is -0.301 e. The molecule has 17 heavy (non-hydrogen) atoms. The van der Waals surface area contributed by atoms with Crippen molar-refractivity contribution in [2.45, 2.75) is 18.5 Å². The molecule has 1 heterocycles. The first-order valence-corrected chi connectivity index (χ1v) is 6.84. The van der Waals surface area contributed by atoms with Crippen molar-refractivity contribution in [3.63, 3.8) is 0 Å². The molecule has 0 radical (unpaired) electrons. The molecule has 1 fully saturated rings. The highest BCUT2D eigenvalue weighted by molar-refractivity contribution is 6.37. The molecule has 2 nitrogen and oxygen atoms in total. The topological polar surface area (TPSA) is 15.3 Å². The molecule has 1 N–H and O–H groups in total. The molecule has 0 bridgehead atoms. The van der Waals surface area contributed by atoms with Crippen molar-refractivity contribution >= 4 is 34.8 Å². The predicted octanol–water partition coefficient (Wildman–Crippen LogP) is 3.52. The number of benzene rings is 1. The third-order valence-electron chi connectivity index (χ3n) is 3.09. The molecule has 0 amide bonds. The summed E-state index contributed by atoms with van der Waals surface area (Å²) < 4.78 is 0.